The number of benzene rings is 8. The first-order valence-electron chi connectivity index (χ1n) is 23.3. The summed E-state index contributed by atoms with van der Waals surface area (Å²) in [4.78, 5) is 4.75. The second kappa shape index (κ2) is 17.9. The van der Waals surface area contributed by atoms with E-state index in [-0.39, 0.29) is 0 Å². The minimum atomic E-state index is 0.956. The van der Waals surface area contributed by atoms with E-state index in [0.717, 1.165) is 58.4 Å². The Hall–Kier alpha value is -7.56. The monoisotopic (exact) mass is 844 g/mol. The molecule has 0 N–H and O–H groups in total. The van der Waals surface area contributed by atoms with E-state index in [2.05, 4.69) is 254 Å². The summed E-state index contributed by atoms with van der Waals surface area (Å²) in [5.74, 6) is 0. The number of para-hydroxylation sites is 2. The van der Waals surface area contributed by atoms with Crippen LogP contribution in [0.3, 0.4) is 0 Å². The number of hydrogen-bond acceptors (Lipinski definition) is 2. The Kier molecular flexibility index (Phi) is 11.4. The van der Waals surface area contributed by atoms with Gasteiger partial charge in [-0.05, 0) is 173 Å². The van der Waals surface area contributed by atoms with Gasteiger partial charge in [-0.3, -0.25) is 0 Å². The van der Waals surface area contributed by atoms with Gasteiger partial charge in [0.15, 0.2) is 0 Å². The number of aryl methyl sites for hydroxylation is 3. The van der Waals surface area contributed by atoms with Crippen molar-refractivity contribution in [1.82, 2.24) is 9.13 Å². The second-order valence-electron chi connectivity index (χ2n) is 17.3. The molecule has 0 unspecified atom stereocenters. The summed E-state index contributed by atoms with van der Waals surface area (Å²) in [7, 11) is 0. The van der Waals surface area contributed by atoms with Crippen molar-refractivity contribution in [2.75, 3.05) is 9.80 Å². The molecule has 320 valence electrons. The Morgan fingerprint density at radius 2 is 0.908 bits per heavy atom. The molecule has 10 rings (SSSR count). The summed E-state index contributed by atoms with van der Waals surface area (Å²) in [6.45, 7) is 10.9. The fourth-order valence-corrected chi connectivity index (χ4v) is 9.61. The summed E-state index contributed by atoms with van der Waals surface area (Å²) < 4.78 is 4.79. The minimum Gasteiger partial charge on any atom is -0.311 e. The van der Waals surface area contributed by atoms with Crippen molar-refractivity contribution in [2.45, 2.75) is 60.3 Å². The SMILES string of the molecule is C/C=C(\C=C/CC)N(c1ccc(N(c2ccc(CCCC)cc2)c2ccc(-n3c4ccccc4c4cc(C)ccc43)cc2)cc1)c1ccc(-n2c3ccccc3c3cc(C)ccc32)cc1. The van der Waals surface area contributed by atoms with Crippen LogP contribution in [0.5, 0.6) is 0 Å². The molecule has 2 aromatic heterocycles. The van der Waals surface area contributed by atoms with Crippen molar-refractivity contribution in [1.29, 1.82) is 0 Å². The fraction of sp³-hybridized carbons (Fsp3) is 0.148. The van der Waals surface area contributed by atoms with Gasteiger partial charge in [0.05, 0.1) is 22.1 Å². The molecular weight excluding hydrogens is 789 g/mol. The van der Waals surface area contributed by atoms with E-state index in [4.69, 9.17) is 0 Å². The van der Waals surface area contributed by atoms with E-state index in [1.165, 1.54) is 73.1 Å². The van der Waals surface area contributed by atoms with Crippen LogP contribution in [0, 0.1) is 13.8 Å². The van der Waals surface area contributed by atoms with E-state index in [1.54, 1.807) is 0 Å². The van der Waals surface area contributed by atoms with Crippen molar-refractivity contribution >= 4 is 72.0 Å². The predicted octanol–water partition coefficient (Wildman–Crippen LogP) is 17.3. The molecule has 0 saturated carbocycles. The summed E-state index contributed by atoms with van der Waals surface area (Å²) >= 11 is 0. The maximum Gasteiger partial charge on any atom is 0.0541 e. The topological polar surface area (TPSA) is 16.3 Å². The van der Waals surface area contributed by atoms with Crippen LogP contribution < -0.4 is 9.80 Å². The quantitative estimate of drug-likeness (QED) is 0.108. The summed E-state index contributed by atoms with van der Waals surface area (Å²) in [6.07, 6.45) is 11.1. The van der Waals surface area contributed by atoms with Crippen molar-refractivity contribution < 1.29 is 0 Å². The number of unbranched alkanes of at least 4 members (excludes halogenated alkanes) is 1. The fourth-order valence-electron chi connectivity index (χ4n) is 9.61. The van der Waals surface area contributed by atoms with Crippen LogP contribution in [-0.4, -0.2) is 9.13 Å². The Morgan fingerprint density at radius 3 is 1.38 bits per heavy atom. The van der Waals surface area contributed by atoms with Gasteiger partial charge in [0.25, 0.3) is 0 Å². The molecule has 0 aliphatic carbocycles. The zero-order valence-electron chi connectivity index (χ0n) is 38.2. The standard InChI is InChI=1S/C61H56N4/c1-6-9-15-45-23-25-47(26-24-45)63(51-33-37-53(38-34-51)65-59-20-14-12-18-55(59)57-42-44(5)22-40-61(57)65)50-29-27-48(28-30-50)62(46(8-3)16-10-7-2)49-31-35-52(36-32-49)64-58-19-13-11-17-54(58)56-41-43(4)21-39-60(56)64/h8,10-14,16-42H,6-7,9,15H2,1-5H3/b16-10-,46-8+. The van der Waals surface area contributed by atoms with E-state index < -0.39 is 0 Å². The highest BCUT2D eigenvalue weighted by atomic mass is 15.2. The number of anilines is 5. The first-order chi connectivity index (χ1) is 31.9. The molecule has 0 aliphatic heterocycles. The Bertz CT molecular complexity index is 3340. The molecule has 0 aliphatic rings. The van der Waals surface area contributed by atoms with E-state index >= 15 is 0 Å². The maximum absolute atomic E-state index is 2.40. The summed E-state index contributed by atoms with van der Waals surface area (Å²) in [5.41, 5.74) is 17.7. The summed E-state index contributed by atoms with van der Waals surface area (Å²) in [5, 5.41) is 5.11. The van der Waals surface area contributed by atoms with Crippen molar-refractivity contribution in [3.8, 4) is 11.4 Å². The molecule has 4 nitrogen and oxygen atoms in total. The van der Waals surface area contributed by atoms with Crippen LogP contribution >= 0.6 is 0 Å². The average Bonchev–Trinajstić information content (AvgIpc) is 3.85. The Labute approximate surface area is 383 Å². The smallest absolute Gasteiger partial charge is 0.0541 e. The second-order valence-corrected chi connectivity index (χ2v) is 17.3. The number of fused-ring (bicyclic) bond motifs is 6. The zero-order chi connectivity index (χ0) is 44.4. The largest absolute Gasteiger partial charge is 0.311 e. The van der Waals surface area contributed by atoms with Crippen LogP contribution in [0.1, 0.15) is 56.7 Å². The lowest BCUT2D eigenvalue weighted by Crippen LogP contribution is -2.16. The number of hydrogen-bond donors (Lipinski definition) is 0. The van der Waals surface area contributed by atoms with Gasteiger partial charge in [0.1, 0.15) is 0 Å². The van der Waals surface area contributed by atoms with E-state index in [0.29, 0.717) is 0 Å². The highest BCUT2D eigenvalue weighted by Crippen LogP contribution is 2.40. The molecule has 2 heterocycles. The van der Waals surface area contributed by atoms with Gasteiger partial charge in [0, 0.05) is 67.1 Å². The predicted molar refractivity (Wildman–Crippen MR) is 280 cm³/mol. The van der Waals surface area contributed by atoms with Gasteiger partial charge in [-0.1, -0.05) is 104 Å². The molecule has 0 spiro atoms. The van der Waals surface area contributed by atoms with Gasteiger partial charge < -0.3 is 18.9 Å². The molecule has 0 saturated heterocycles. The van der Waals surface area contributed by atoms with E-state index in [9.17, 15) is 0 Å². The number of aromatic nitrogens is 2. The third-order valence-corrected chi connectivity index (χ3v) is 12.8. The molecule has 0 atom stereocenters. The lowest BCUT2D eigenvalue weighted by Gasteiger charge is -2.29. The molecule has 0 bridgehead atoms. The van der Waals surface area contributed by atoms with E-state index in [1.807, 2.05) is 0 Å². The van der Waals surface area contributed by atoms with Crippen LogP contribution in [0.2, 0.25) is 0 Å². The first kappa shape index (κ1) is 41.5. The lowest BCUT2D eigenvalue weighted by atomic mass is 10.1. The molecule has 65 heavy (non-hydrogen) atoms. The molecule has 4 heteroatoms. The highest BCUT2D eigenvalue weighted by Gasteiger charge is 2.19. The third kappa shape index (κ3) is 7.80. The number of rotatable bonds is 13. The highest BCUT2D eigenvalue weighted by molar-refractivity contribution is 6.10. The van der Waals surface area contributed by atoms with Crippen molar-refractivity contribution in [3.63, 3.8) is 0 Å². The van der Waals surface area contributed by atoms with Crippen molar-refractivity contribution in [2.24, 2.45) is 0 Å². The Balaban J connectivity index is 1.03. The van der Waals surface area contributed by atoms with Gasteiger partial charge in [-0.25, -0.2) is 0 Å². The van der Waals surface area contributed by atoms with Gasteiger partial charge >= 0.3 is 0 Å². The molecule has 10 aromatic rings. The lowest BCUT2D eigenvalue weighted by molar-refractivity contribution is 0.795. The first-order valence-corrected chi connectivity index (χ1v) is 23.3. The Morgan fingerprint density at radius 1 is 0.477 bits per heavy atom. The van der Waals surface area contributed by atoms with Gasteiger partial charge in [-0.2, -0.15) is 0 Å². The van der Waals surface area contributed by atoms with Crippen LogP contribution in [0.25, 0.3) is 55.0 Å². The van der Waals surface area contributed by atoms with Crippen LogP contribution in [-0.2, 0) is 6.42 Å². The van der Waals surface area contributed by atoms with Gasteiger partial charge in [0.2, 0.25) is 0 Å². The molecule has 0 fully saturated rings. The van der Waals surface area contributed by atoms with Gasteiger partial charge in [-0.15, -0.1) is 0 Å². The molecule has 0 amide bonds. The zero-order valence-corrected chi connectivity index (χ0v) is 38.2. The number of allylic oxidation sites excluding steroid dienone is 3. The van der Waals surface area contributed by atoms with Crippen LogP contribution in [0.15, 0.2) is 206 Å². The molecular formula is C61H56N4. The molecule has 0 radical (unpaired) electrons. The minimum absolute atomic E-state index is 0.956. The third-order valence-electron chi connectivity index (χ3n) is 12.8. The normalized spacial score (nSPS) is 12.0. The summed E-state index contributed by atoms with van der Waals surface area (Å²) in [6, 6.07) is 67.3. The molecule has 8 aromatic carbocycles. The van der Waals surface area contributed by atoms with Crippen molar-refractivity contribution in [3.05, 3.63) is 223 Å². The average molecular weight is 845 g/mol. The van der Waals surface area contributed by atoms with Crippen LogP contribution in [0.4, 0.5) is 28.4 Å². The maximum atomic E-state index is 2.40. The number of nitrogens with zero attached hydrogens (tertiary/aromatic N) is 4.